The van der Waals surface area contributed by atoms with Crippen molar-refractivity contribution in [2.45, 2.75) is 0 Å². The molecule has 2 heterocycles. The number of hydrogen-bond donors (Lipinski definition) is 1. The van der Waals surface area contributed by atoms with E-state index in [1.807, 2.05) is 59.5 Å². The van der Waals surface area contributed by atoms with Crippen LogP contribution in [-0.2, 0) is 4.79 Å². The Balaban J connectivity index is 1.34. The van der Waals surface area contributed by atoms with Crippen LogP contribution in [0.3, 0.4) is 0 Å². The molecule has 1 aromatic heterocycles. The number of piperazine rings is 1. The van der Waals surface area contributed by atoms with Crippen LogP contribution < -0.4 is 10.2 Å². The first-order valence-electron chi connectivity index (χ1n) is 9.60. The Bertz CT molecular complexity index is 974. The van der Waals surface area contributed by atoms with Crippen LogP contribution in [0.15, 0.2) is 66.9 Å². The first kappa shape index (κ1) is 19.2. The lowest BCUT2D eigenvalue weighted by Crippen LogP contribution is -2.50. The van der Waals surface area contributed by atoms with Gasteiger partial charge in [0.05, 0.1) is 17.3 Å². The first-order chi connectivity index (χ1) is 14.2. The van der Waals surface area contributed by atoms with Gasteiger partial charge in [-0.25, -0.2) is 9.97 Å². The molecule has 0 spiro atoms. The number of carbonyl (C=O) groups excluding carboxylic acids is 1. The molecule has 0 aliphatic carbocycles. The monoisotopic (exact) mass is 407 g/mol. The molecule has 1 aliphatic rings. The fourth-order valence-electron chi connectivity index (χ4n) is 3.32. The van der Waals surface area contributed by atoms with E-state index in [2.05, 4.69) is 15.2 Å². The van der Waals surface area contributed by atoms with Gasteiger partial charge in [-0.15, -0.1) is 0 Å². The normalized spacial score (nSPS) is 14.0. The minimum absolute atomic E-state index is 0.0669. The fraction of sp³-hybridized carbons (Fsp3) is 0.227. The van der Waals surface area contributed by atoms with Crippen LogP contribution in [0.5, 0.6) is 0 Å². The molecule has 0 saturated carbocycles. The second-order valence-corrected chi connectivity index (χ2v) is 7.21. The standard InChI is InChI=1S/C22H22ClN5O/c23-18-8-4-5-9-19(18)25-16-21(29)28-14-12-27(13-15-28)20-10-11-24-22(26-20)17-6-2-1-3-7-17/h1-11,25H,12-16H2. The van der Waals surface area contributed by atoms with Crippen LogP contribution in [-0.4, -0.2) is 53.5 Å². The van der Waals surface area contributed by atoms with Crippen LogP contribution in [0.2, 0.25) is 5.02 Å². The molecule has 29 heavy (non-hydrogen) atoms. The van der Waals surface area contributed by atoms with Crippen molar-refractivity contribution in [1.82, 2.24) is 14.9 Å². The van der Waals surface area contributed by atoms with Gasteiger partial charge in [0.25, 0.3) is 0 Å². The highest BCUT2D eigenvalue weighted by molar-refractivity contribution is 6.33. The number of amides is 1. The Hall–Kier alpha value is -3.12. The summed E-state index contributed by atoms with van der Waals surface area (Å²) in [5.41, 5.74) is 1.77. The lowest BCUT2D eigenvalue weighted by molar-refractivity contribution is -0.129. The zero-order valence-electron chi connectivity index (χ0n) is 16.0. The average Bonchev–Trinajstić information content (AvgIpc) is 2.79. The van der Waals surface area contributed by atoms with E-state index >= 15 is 0 Å². The maximum Gasteiger partial charge on any atom is 0.241 e. The molecular formula is C22H22ClN5O. The molecule has 1 N–H and O–H groups in total. The number of anilines is 2. The molecule has 0 atom stereocenters. The van der Waals surface area contributed by atoms with Crippen LogP contribution in [0.1, 0.15) is 0 Å². The summed E-state index contributed by atoms with van der Waals surface area (Å²) in [6, 6.07) is 19.3. The quantitative estimate of drug-likeness (QED) is 0.700. The first-order valence-corrected chi connectivity index (χ1v) is 9.98. The minimum Gasteiger partial charge on any atom is -0.375 e. The van der Waals surface area contributed by atoms with Crippen molar-refractivity contribution in [3.8, 4) is 11.4 Å². The maximum absolute atomic E-state index is 12.5. The van der Waals surface area contributed by atoms with Gasteiger partial charge in [-0.3, -0.25) is 4.79 Å². The topological polar surface area (TPSA) is 61.4 Å². The number of rotatable bonds is 5. The molecule has 2 aromatic carbocycles. The van der Waals surface area contributed by atoms with Crippen molar-refractivity contribution in [1.29, 1.82) is 0 Å². The molecule has 1 saturated heterocycles. The zero-order chi connectivity index (χ0) is 20.1. The van der Waals surface area contributed by atoms with Gasteiger partial charge in [0.15, 0.2) is 5.82 Å². The summed E-state index contributed by atoms with van der Waals surface area (Å²) in [6.07, 6.45) is 1.79. The highest BCUT2D eigenvalue weighted by Gasteiger charge is 2.22. The number of benzene rings is 2. The number of nitrogens with one attached hydrogen (secondary N) is 1. The summed E-state index contributed by atoms with van der Waals surface area (Å²) in [4.78, 5) is 25.7. The summed E-state index contributed by atoms with van der Waals surface area (Å²) in [5, 5.41) is 3.74. The Morgan fingerprint density at radius 1 is 0.966 bits per heavy atom. The minimum atomic E-state index is 0.0669. The zero-order valence-corrected chi connectivity index (χ0v) is 16.7. The summed E-state index contributed by atoms with van der Waals surface area (Å²) in [6.45, 7) is 3.03. The summed E-state index contributed by atoms with van der Waals surface area (Å²) < 4.78 is 0. The molecular weight excluding hydrogens is 386 g/mol. The maximum atomic E-state index is 12.5. The predicted molar refractivity (Wildman–Crippen MR) is 116 cm³/mol. The average molecular weight is 408 g/mol. The number of nitrogens with zero attached hydrogens (tertiary/aromatic N) is 4. The van der Waals surface area contributed by atoms with Gasteiger partial charge >= 0.3 is 0 Å². The summed E-state index contributed by atoms with van der Waals surface area (Å²) >= 11 is 6.13. The predicted octanol–water partition coefficient (Wildman–Crippen LogP) is 3.56. The van der Waals surface area contributed by atoms with E-state index in [4.69, 9.17) is 16.6 Å². The molecule has 4 rings (SSSR count). The van der Waals surface area contributed by atoms with Gasteiger partial charge in [0, 0.05) is 37.9 Å². The van der Waals surface area contributed by atoms with Crippen molar-refractivity contribution in [3.63, 3.8) is 0 Å². The van der Waals surface area contributed by atoms with Crippen molar-refractivity contribution in [2.75, 3.05) is 42.9 Å². The van der Waals surface area contributed by atoms with E-state index < -0.39 is 0 Å². The molecule has 1 fully saturated rings. The third-order valence-electron chi connectivity index (χ3n) is 4.93. The molecule has 6 nitrogen and oxygen atoms in total. The number of aromatic nitrogens is 2. The third kappa shape index (κ3) is 4.66. The number of para-hydroxylation sites is 1. The number of halogens is 1. The second-order valence-electron chi connectivity index (χ2n) is 6.81. The van der Waals surface area contributed by atoms with Crippen LogP contribution in [0, 0.1) is 0 Å². The van der Waals surface area contributed by atoms with Gasteiger partial charge in [-0.05, 0) is 18.2 Å². The Labute approximate surface area is 175 Å². The third-order valence-corrected chi connectivity index (χ3v) is 5.26. The van der Waals surface area contributed by atoms with E-state index in [-0.39, 0.29) is 12.5 Å². The Morgan fingerprint density at radius 3 is 2.45 bits per heavy atom. The molecule has 3 aromatic rings. The number of hydrogen-bond acceptors (Lipinski definition) is 5. The molecule has 1 aliphatic heterocycles. The van der Waals surface area contributed by atoms with Crippen LogP contribution in [0.25, 0.3) is 11.4 Å². The summed E-state index contributed by atoms with van der Waals surface area (Å²) in [7, 11) is 0. The molecule has 0 radical (unpaired) electrons. The van der Waals surface area contributed by atoms with Gasteiger partial charge < -0.3 is 15.1 Å². The van der Waals surface area contributed by atoms with Crippen molar-refractivity contribution in [3.05, 3.63) is 71.9 Å². The lowest BCUT2D eigenvalue weighted by atomic mass is 10.2. The van der Waals surface area contributed by atoms with Gasteiger partial charge in [0.1, 0.15) is 5.82 Å². The van der Waals surface area contributed by atoms with E-state index in [0.29, 0.717) is 23.9 Å². The lowest BCUT2D eigenvalue weighted by Gasteiger charge is -2.35. The van der Waals surface area contributed by atoms with Crippen molar-refractivity contribution >= 4 is 29.0 Å². The van der Waals surface area contributed by atoms with Gasteiger partial charge in [0.2, 0.25) is 5.91 Å². The Kier molecular flexibility index (Phi) is 5.91. The Morgan fingerprint density at radius 2 is 1.69 bits per heavy atom. The molecule has 1 amide bonds. The van der Waals surface area contributed by atoms with Crippen molar-refractivity contribution in [2.24, 2.45) is 0 Å². The highest BCUT2D eigenvalue weighted by atomic mass is 35.5. The van der Waals surface area contributed by atoms with E-state index in [1.165, 1.54) is 0 Å². The summed E-state index contributed by atoms with van der Waals surface area (Å²) in [5.74, 6) is 1.67. The van der Waals surface area contributed by atoms with E-state index in [0.717, 1.165) is 30.2 Å². The largest absolute Gasteiger partial charge is 0.375 e. The molecule has 0 bridgehead atoms. The SMILES string of the molecule is O=C(CNc1ccccc1Cl)N1CCN(c2ccnc(-c3ccccc3)n2)CC1. The smallest absolute Gasteiger partial charge is 0.241 e. The molecule has 7 heteroatoms. The number of carbonyl (C=O) groups is 1. The molecule has 0 unspecified atom stereocenters. The van der Waals surface area contributed by atoms with Gasteiger partial charge in [-0.1, -0.05) is 54.1 Å². The molecule has 148 valence electrons. The van der Waals surface area contributed by atoms with Crippen LogP contribution >= 0.6 is 11.6 Å². The van der Waals surface area contributed by atoms with Gasteiger partial charge in [-0.2, -0.15) is 0 Å². The second kappa shape index (κ2) is 8.92. The van der Waals surface area contributed by atoms with Crippen molar-refractivity contribution < 1.29 is 4.79 Å². The van der Waals surface area contributed by atoms with E-state index in [9.17, 15) is 4.79 Å². The van der Waals surface area contributed by atoms with Crippen LogP contribution in [0.4, 0.5) is 11.5 Å². The fourth-order valence-corrected chi connectivity index (χ4v) is 3.53. The highest BCUT2D eigenvalue weighted by Crippen LogP contribution is 2.21. The van der Waals surface area contributed by atoms with E-state index in [1.54, 1.807) is 12.3 Å².